The SMILES string of the molecule is C[C@@H](N)C(=O)N1CCN(CC(F)F)CC1. The third-order valence-electron chi connectivity index (χ3n) is 2.47. The summed E-state index contributed by atoms with van der Waals surface area (Å²) in [6.07, 6.45) is -2.30. The minimum Gasteiger partial charge on any atom is -0.339 e. The highest BCUT2D eigenvalue weighted by atomic mass is 19.3. The topological polar surface area (TPSA) is 49.6 Å². The second-order valence-corrected chi connectivity index (χ2v) is 3.81. The van der Waals surface area contributed by atoms with Gasteiger partial charge >= 0.3 is 0 Å². The van der Waals surface area contributed by atoms with Crippen LogP contribution in [0.15, 0.2) is 0 Å². The molecule has 0 aromatic rings. The third-order valence-corrected chi connectivity index (χ3v) is 2.47. The van der Waals surface area contributed by atoms with E-state index in [2.05, 4.69) is 0 Å². The molecule has 1 atom stereocenters. The van der Waals surface area contributed by atoms with E-state index in [4.69, 9.17) is 5.73 Å². The highest BCUT2D eigenvalue weighted by Gasteiger charge is 2.24. The molecule has 0 radical (unpaired) electrons. The van der Waals surface area contributed by atoms with E-state index in [1.807, 2.05) is 0 Å². The highest BCUT2D eigenvalue weighted by Crippen LogP contribution is 2.05. The van der Waals surface area contributed by atoms with Gasteiger partial charge in [-0.2, -0.15) is 0 Å². The zero-order chi connectivity index (χ0) is 11.4. The fourth-order valence-corrected chi connectivity index (χ4v) is 1.63. The Morgan fingerprint density at radius 3 is 2.27 bits per heavy atom. The molecule has 0 spiro atoms. The van der Waals surface area contributed by atoms with Crippen LogP contribution in [0, 0.1) is 0 Å². The molecule has 1 saturated heterocycles. The molecule has 0 unspecified atom stereocenters. The standard InChI is InChI=1S/C9H17F2N3O/c1-7(12)9(15)14-4-2-13(3-5-14)6-8(10)11/h7-8H,2-6,12H2,1H3/t7-/m1/s1. The van der Waals surface area contributed by atoms with Gasteiger partial charge in [0.05, 0.1) is 12.6 Å². The lowest BCUT2D eigenvalue weighted by molar-refractivity contribution is -0.134. The lowest BCUT2D eigenvalue weighted by Crippen LogP contribution is -2.53. The van der Waals surface area contributed by atoms with Gasteiger partial charge in [-0.1, -0.05) is 0 Å². The predicted molar refractivity (Wildman–Crippen MR) is 52.7 cm³/mol. The Labute approximate surface area is 88.0 Å². The smallest absolute Gasteiger partial charge is 0.251 e. The Hall–Kier alpha value is -0.750. The second kappa shape index (κ2) is 5.37. The van der Waals surface area contributed by atoms with Crippen molar-refractivity contribution in [3.63, 3.8) is 0 Å². The van der Waals surface area contributed by atoms with Crippen molar-refractivity contribution in [2.24, 2.45) is 5.73 Å². The molecule has 2 N–H and O–H groups in total. The first-order valence-corrected chi connectivity index (χ1v) is 5.05. The van der Waals surface area contributed by atoms with Crippen LogP contribution in [0.4, 0.5) is 8.78 Å². The fourth-order valence-electron chi connectivity index (χ4n) is 1.63. The molecule has 0 aromatic heterocycles. The van der Waals surface area contributed by atoms with E-state index >= 15 is 0 Å². The average molecular weight is 221 g/mol. The Balaban J connectivity index is 2.32. The highest BCUT2D eigenvalue weighted by molar-refractivity contribution is 5.81. The van der Waals surface area contributed by atoms with E-state index in [0.29, 0.717) is 26.2 Å². The van der Waals surface area contributed by atoms with E-state index in [-0.39, 0.29) is 12.5 Å². The molecule has 0 saturated carbocycles. The molecule has 88 valence electrons. The van der Waals surface area contributed by atoms with Crippen molar-refractivity contribution in [3.8, 4) is 0 Å². The van der Waals surface area contributed by atoms with Crippen LogP contribution in [0.2, 0.25) is 0 Å². The van der Waals surface area contributed by atoms with E-state index < -0.39 is 12.5 Å². The van der Waals surface area contributed by atoms with Crippen molar-refractivity contribution in [1.29, 1.82) is 0 Å². The maximum Gasteiger partial charge on any atom is 0.251 e. The van der Waals surface area contributed by atoms with Crippen LogP contribution in [0.25, 0.3) is 0 Å². The normalized spacial score (nSPS) is 20.7. The van der Waals surface area contributed by atoms with Gasteiger partial charge in [0.2, 0.25) is 5.91 Å². The molecule has 0 aliphatic carbocycles. The first-order chi connectivity index (χ1) is 7.00. The number of alkyl halides is 2. The zero-order valence-electron chi connectivity index (χ0n) is 8.83. The van der Waals surface area contributed by atoms with Crippen molar-refractivity contribution in [2.75, 3.05) is 32.7 Å². The lowest BCUT2D eigenvalue weighted by atomic mass is 10.2. The molecule has 0 bridgehead atoms. The van der Waals surface area contributed by atoms with Crippen molar-refractivity contribution in [3.05, 3.63) is 0 Å². The first kappa shape index (κ1) is 12.3. The van der Waals surface area contributed by atoms with Gasteiger partial charge in [-0.15, -0.1) is 0 Å². The summed E-state index contributed by atoms with van der Waals surface area (Å²) >= 11 is 0. The summed E-state index contributed by atoms with van der Waals surface area (Å²) in [5.41, 5.74) is 5.46. The van der Waals surface area contributed by atoms with Crippen molar-refractivity contribution in [1.82, 2.24) is 9.80 Å². The van der Waals surface area contributed by atoms with E-state index in [1.165, 1.54) is 0 Å². The van der Waals surface area contributed by atoms with Crippen LogP contribution in [0.1, 0.15) is 6.92 Å². The van der Waals surface area contributed by atoms with Crippen molar-refractivity contribution < 1.29 is 13.6 Å². The molecule has 0 aromatic carbocycles. The summed E-state index contributed by atoms with van der Waals surface area (Å²) in [4.78, 5) is 14.8. The molecule has 1 rings (SSSR count). The predicted octanol–water partition coefficient (Wildman–Crippen LogP) is -0.257. The van der Waals surface area contributed by atoms with Crippen LogP contribution in [0.3, 0.4) is 0 Å². The number of carbonyl (C=O) groups is 1. The molecule has 1 heterocycles. The summed E-state index contributed by atoms with van der Waals surface area (Å²) in [6, 6.07) is -0.508. The number of hydrogen-bond acceptors (Lipinski definition) is 3. The molecule has 15 heavy (non-hydrogen) atoms. The van der Waals surface area contributed by atoms with Crippen LogP contribution in [-0.2, 0) is 4.79 Å². The monoisotopic (exact) mass is 221 g/mol. The number of hydrogen-bond donors (Lipinski definition) is 1. The van der Waals surface area contributed by atoms with Gasteiger partial charge in [-0.3, -0.25) is 9.69 Å². The average Bonchev–Trinajstić information content (AvgIpc) is 2.17. The minimum absolute atomic E-state index is 0.105. The minimum atomic E-state index is -2.30. The summed E-state index contributed by atoms with van der Waals surface area (Å²) in [6.45, 7) is 3.42. The Morgan fingerprint density at radius 2 is 1.87 bits per heavy atom. The number of rotatable bonds is 3. The van der Waals surface area contributed by atoms with Gasteiger partial charge in [0.15, 0.2) is 0 Å². The Bertz CT molecular complexity index is 215. The second-order valence-electron chi connectivity index (χ2n) is 3.81. The Morgan fingerprint density at radius 1 is 1.33 bits per heavy atom. The molecule has 4 nitrogen and oxygen atoms in total. The van der Waals surface area contributed by atoms with E-state index in [1.54, 1.807) is 16.7 Å². The van der Waals surface area contributed by atoms with Crippen molar-refractivity contribution >= 4 is 5.91 Å². The van der Waals surface area contributed by atoms with E-state index in [9.17, 15) is 13.6 Å². The van der Waals surface area contributed by atoms with Gasteiger partial charge in [0.25, 0.3) is 6.43 Å². The first-order valence-electron chi connectivity index (χ1n) is 5.05. The number of piperazine rings is 1. The Kier molecular flexibility index (Phi) is 4.41. The maximum atomic E-state index is 12.1. The number of halogens is 2. The number of nitrogens with two attached hydrogens (primary N) is 1. The van der Waals surface area contributed by atoms with Gasteiger partial charge in [-0.25, -0.2) is 8.78 Å². The number of amides is 1. The summed E-state index contributed by atoms with van der Waals surface area (Å²) in [5.74, 6) is -0.105. The molecular formula is C9H17F2N3O. The number of carbonyl (C=O) groups excluding carboxylic acids is 1. The molecular weight excluding hydrogens is 204 g/mol. The molecule has 6 heteroatoms. The molecule has 1 amide bonds. The fraction of sp³-hybridized carbons (Fsp3) is 0.889. The van der Waals surface area contributed by atoms with Gasteiger partial charge in [0, 0.05) is 26.2 Å². The van der Waals surface area contributed by atoms with Gasteiger partial charge < -0.3 is 10.6 Å². The van der Waals surface area contributed by atoms with Crippen LogP contribution < -0.4 is 5.73 Å². The van der Waals surface area contributed by atoms with Crippen LogP contribution in [-0.4, -0.2) is 60.9 Å². The number of nitrogens with zero attached hydrogens (tertiary/aromatic N) is 2. The molecule has 1 aliphatic rings. The maximum absolute atomic E-state index is 12.1. The summed E-state index contributed by atoms with van der Waals surface area (Å²) < 4.78 is 24.1. The lowest BCUT2D eigenvalue weighted by Gasteiger charge is -2.35. The summed E-state index contributed by atoms with van der Waals surface area (Å²) in [5, 5.41) is 0. The van der Waals surface area contributed by atoms with Gasteiger partial charge in [-0.05, 0) is 6.92 Å². The molecule has 1 aliphatic heterocycles. The quantitative estimate of drug-likeness (QED) is 0.714. The van der Waals surface area contributed by atoms with E-state index in [0.717, 1.165) is 0 Å². The van der Waals surface area contributed by atoms with Gasteiger partial charge in [0.1, 0.15) is 0 Å². The zero-order valence-corrected chi connectivity index (χ0v) is 8.83. The van der Waals surface area contributed by atoms with Crippen molar-refractivity contribution in [2.45, 2.75) is 19.4 Å². The summed E-state index contributed by atoms with van der Waals surface area (Å²) in [7, 11) is 0. The third kappa shape index (κ3) is 3.71. The largest absolute Gasteiger partial charge is 0.339 e. The molecule has 1 fully saturated rings. The van der Waals surface area contributed by atoms with Crippen LogP contribution >= 0.6 is 0 Å². The van der Waals surface area contributed by atoms with Crippen LogP contribution in [0.5, 0.6) is 0 Å².